The molecule has 0 radical (unpaired) electrons. The monoisotopic (exact) mass is 433 g/mol. The van der Waals surface area contributed by atoms with E-state index in [4.69, 9.17) is 9.47 Å². The summed E-state index contributed by atoms with van der Waals surface area (Å²) in [5.41, 5.74) is 3.59. The van der Waals surface area contributed by atoms with Gasteiger partial charge in [-0.2, -0.15) is 0 Å². The second-order valence-electron chi connectivity index (χ2n) is 8.49. The van der Waals surface area contributed by atoms with Gasteiger partial charge in [-0.25, -0.2) is 4.79 Å². The van der Waals surface area contributed by atoms with E-state index in [-0.39, 0.29) is 23.9 Å². The Morgan fingerprint density at radius 1 is 1.09 bits per heavy atom. The van der Waals surface area contributed by atoms with Crippen LogP contribution in [0.15, 0.2) is 52.1 Å². The van der Waals surface area contributed by atoms with Crippen molar-refractivity contribution in [1.29, 1.82) is 0 Å². The Morgan fingerprint density at radius 2 is 1.91 bits per heavy atom. The fraction of sp³-hybridized carbons (Fsp3) is 0.360. The number of nitrogens with zero attached hydrogens (tertiary/aromatic N) is 3. The average Bonchev–Trinajstić information content (AvgIpc) is 3.41. The molecule has 7 heteroatoms. The van der Waals surface area contributed by atoms with E-state index in [0.717, 1.165) is 34.9 Å². The number of aryl methyl sites for hydroxylation is 2. The Kier molecular flexibility index (Phi) is 5.13. The highest BCUT2D eigenvalue weighted by Gasteiger charge is 2.24. The number of methoxy groups -OCH3 is 1. The summed E-state index contributed by atoms with van der Waals surface area (Å²) in [5, 5.41) is 0.828. The van der Waals surface area contributed by atoms with Gasteiger partial charge in [0, 0.05) is 19.0 Å². The van der Waals surface area contributed by atoms with E-state index in [1.54, 1.807) is 11.7 Å². The minimum atomic E-state index is -0.309. The van der Waals surface area contributed by atoms with E-state index in [2.05, 4.69) is 0 Å². The number of ether oxygens (including phenoxy) is 2. The number of hydrogen-bond donors (Lipinski definition) is 0. The summed E-state index contributed by atoms with van der Waals surface area (Å²) in [6.45, 7) is 3.36. The summed E-state index contributed by atoms with van der Waals surface area (Å²) in [7, 11) is 3.48. The first-order chi connectivity index (χ1) is 15.5. The van der Waals surface area contributed by atoms with Crippen molar-refractivity contribution in [3.63, 3.8) is 0 Å². The minimum Gasteiger partial charge on any atom is -0.497 e. The molecular weight excluding hydrogens is 406 g/mol. The first-order valence-corrected chi connectivity index (χ1v) is 11.0. The Morgan fingerprint density at radius 3 is 2.62 bits per heavy atom. The average molecular weight is 434 g/mol. The lowest BCUT2D eigenvalue weighted by molar-refractivity contribution is 0.0948. The predicted octanol–water partition coefficient (Wildman–Crippen LogP) is 3.20. The Hall–Kier alpha value is -3.32. The molecule has 4 aromatic rings. The highest BCUT2D eigenvalue weighted by molar-refractivity contribution is 6.06. The van der Waals surface area contributed by atoms with Crippen LogP contribution in [0, 0.1) is 6.92 Å². The summed E-state index contributed by atoms with van der Waals surface area (Å²) in [6.07, 6.45) is 1.69. The summed E-state index contributed by atoms with van der Waals surface area (Å²) < 4.78 is 16.1. The molecule has 0 saturated carbocycles. The summed E-state index contributed by atoms with van der Waals surface area (Å²) in [4.78, 5) is 27.3. The molecule has 1 atom stereocenters. The molecule has 2 aromatic heterocycles. The van der Waals surface area contributed by atoms with Gasteiger partial charge in [0.2, 0.25) is 0 Å². The highest BCUT2D eigenvalue weighted by atomic mass is 16.5. The lowest BCUT2D eigenvalue weighted by Crippen LogP contribution is -2.43. The van der Waals surface area contributed by atoms with Gasteiger partial charge in [0.1, 0.15) is 11.3 Å². The molecule has 0 amide bonds. The molecule has 32 heavy (non-hydrogen) atoms. The second-order valence-corrected chi connectivity index (χ2v) is 8.49. The topological polar surface area (TPSA) is 67.4 Å². The fourth-order valence-corrected chi connectivity index (χ4v) is 4.76. The Balaban J connectivity index is 1.84. The van der Waals surface area contributed by atoms with Gasteiger partial charge in [-0.3, -0.25) is 13.9 Å². The lowest BCUT2D eigenvalue weighted by atomic mass is 10.1. The van der Waals surface area contributed by atoms with Gasteiger partial charge in [0.25, 0.3) is 5.56 Å². The molecule has 0 bridgehead atoms. The third-order valence-corrected chi connectivity index (χ3v) is 6.56. The maximum atomic E-state index is 13.7. The summed E-state index contributed by atoms with van der Waals surface area (Å²) in [5.74, 6) is 0.684. The van der Waals surface area contributed by atoms with Crippen LogP contribution in [-0.4, -0.2) is 33.5 Å². The van der Waals surface area contributed by atoms with Crippen molar-refractivity contribution >= 4 is 21.9 Å². The van der Waals surface area contributed by atoms with Crippen LogP contribution in [0.4, 0.5) is 0 Å². The van der Waals surface area contributed by atoms with Gasteiger partial charge in [-0.15, -0.1) is 0 Å². The quantitative estimate of drug-likeness (QED) is 0.485. The molecule has 1 fully saturated rings. The van der Waals surface area contributed by atoms with Crippen LogP contribution < -0.4 is 16.0 Å². The third-order valence-electron chi connectivity index (χ3n) is 6.56. The van der Waals surface area contributed by atoms with E-state index in [9.17, 15) is 9.59 Å². The van der Waals surface area contributed by atoms with Crippen molar-refractivity contribution in [2.24, 2.45) is 7.05 Å². The van der Waals surface area contributed by atoms with Crippen LogP contribution in [0.25, 0.3) is 21.9 Å². The van der Waals surface area contributed by atoms with E-state index >= 15 is 0 Å². The lowest BCUT2D eigenvalue weighted by Gasteiger charge is -2.16. The Labute approximate surface area is 185 Å². The number of fused-ring (bicyclic) bond motifs is 3. The third kappa shape index (κ3) is 3.24. The van der Waals surface area contributed by atoms with E-state index < -0.39 is 0 Å². The van der Waals surface area contributed by atoms with Crippen LogP contribution in [0.3, 0.4) is 0 Å². The smallest absolute Gasteiger partial charge is 0.331 e. The molecule has 2 aromatic carbocycles. The largest absolute Gasteiger partial charge is 0.497 e. The predicted molar refractivity (Wildman–Crippen MR) is 125 cm³/mol. The number of benzene rings is 2. The molecular formula is C25H27N3O4. The minimum absolute atomic E-state index is 0.112. The summed E-state index contributed by atoms with van der Waals surface area (Å²) >= 11 is 0. The first kappa shape index (κ1) is 20.6. The molecule has 166 valence electrons. The van der Waals surface area contributed by atoms with E-state index in [1.807, 2.05) is 61.0 Å². The normalized spacial score (nSPS) is 16.3. The van der Waals surface area contributed by atoms with Crippen LogP contribution >= 0.6 is 0 Å². The maximum absolute atomic E-state index is 13.7. The zero-order valence-corrected chi connectivity index (χ0v) is 18.6. The highest BCUT2D eigenvalue weighted by Crippen LogP contribution is 2.29. The van der Waals surface area contributed by atoms with Gasteiger partial charge in [-0.05, 0) is 49.1 Å². The van der Waals surface area contributed by atoms with E-state index in [0.29, 0.717) is 29.9 Å². The van der Waals surface area contributed by atoms with Crippen LogP contribution in [0.1, 0.15) is 24.0 Å². The molecule has 1 aliphatic rings. The van der Waals surface area contributed by atoms with Gasteiger partial charge >= 0.3 is 5.69 Å². The number of aromatic nitrogens is 3. The molecule has 7 nitrogen and oxygen atoms in total. The standard InChI is InChI=1S/C25H27N3O4/c1-16-7-4-5-8-17(16)14-27-22-20-13-18(31-3)10-11-21(20)26(2)23(22)24(29)28(25(27)30)15-19-9-6-12-32-19/h4-5,7-8,10-11,13,19H,6,9,12,14-15H2,1-3H3. The molecule has 3 heterocycles. The molecule has 5 rings (SSSR count). The maximum Gasteiger partial charge on any atom is 0.331 e. The SMILES string of the molecule is COc1ccc2c(c1)c1c(c(=O)n(CC3CCCO3)c(=O)n1Cc1ccccc1C)n2C. The number of rotatable bonds is 5. The van der Waals surface area contributed by atoms with E-state index in [1.165, 1.54) is 4.57 Å². The van der Waals surface area contributed by atoms with Crippen molar-refractivity contribution in [2.75, 3.05) is 13.7 Å². The zero-order valence-electron chi connectivity index (χ0n) is 18.6. The van der Waals surface area contributed by atoms with Crippen LogP contribution in [-0.2, 0) is 24.9 Å². The van der Waals surface area contributed by atoms with Gasteiger partial charge < -0.3 is 14.0 Å². The fourth-order valence-electron chi connectivity index (χ4n) is 4.76. The molecule has 1 aliphatic heterocycles. The second kappa shape index (κ2) is 7.98. The zero-order chi connectivity index (χ0) is 22.4. The van der Waals surface area contributed by atoms with Gasteiger partial charge in [0.15, 0.2) is 0 Å². The van der Waals surface area contributed by atoms with Crippen LogP contribution in [0.5, 0.6) is 5.75 Å². The first-order valence-electron chi connectivity index (χ1n) is 11.0. The molecule has 1 saturated heterocycles. The van der Waals surface area contributed by atoms with Gasteiger partial charge in [-0.1, -0.05) is 24.3 Å². The van der Waals surface area contributed by atoms with Gasteiger partial charge in [0.05, 0.1) is 37.3 Å². The van der Waals surface area contributed by atoms with Crippen molar-refractivity contribution in [3.05, 3.63) is 74.4 Å². The molecule has 0 N–H and O–H groups in total. The summed E-state index contributed by atoms with van der Waals surface area (Å²) in [6, 6.07) is 13.7. The van der Waals surface area contributed by atoms with Crippen molar-refractivity contribution in [3.8, 4) is 5.75 Å². The van der Waals surface area contributed by atoms with Crippen LogP contribution in [0.2, 0.25) is 0 Å². The molecule has 0 aliphatic carbocycles. The molecule has 0 spiro atoms. The number of hydrogen-bond acceptors (Lipinski definition) is 4. The molecule has 1 unspecified atom stereocenters. The Bertz CT molecular complexity index is 1440. The van der Waals surface area contributed by atoms with Crippen molar-refractivity contribution in [2.45, 2.75) is 39.0 Å². The van der Waals surface area contributed by atoms with Crippen molar-refractivity contribution in [1.82, 2.24) is 13.7 Å². The van der Waals surface area contributed by atoms with Crippen molar-refractivity contribution < 1.29 is 9.47 Å².